The number of benzene rings is 2. The molecule has 1 atom stereocenters. The van der Waals surface area contributed by atoms with Gasteiger partial charge in [-0.15, -0.1) is 0 Å². The Morgan fingerprint density at radius 1 is 1.10 bits per heavy atom. The number of anilines is 1. The molecule has 1 unspecified atom stereocenters. The van der Waals surface area contributed by atoms with Crippen LogP contribution in [0.5, 0.6) is 0 Å². The lowest BCUT2D eigenvalue weighted by Crippen LogP contribution is -2.38. The quantitative estimate of drug-likeness (QED) is 0.608. The highest BCUT2D eigenvalue weighted by molar-refractivity contribution is 7.92. The third-order valence-corrected chi connectivity index (χ3v) is 6.25. The summed E-state index contributed by atoms with van der Waals surface area (Å²) >= 11 is 0. The van der Waals surface area contributed by atoms with E-state index in [0.29, 0.717) is 6.42 Å². The minimum absolute atomic E-state index is 0.00149. The number of hydrogen-bond donors (Lipinski definition) is 1. The Bertz CT molecular complexity index is 946. The lowest BCUT2D eigenvalue weighted by Gasteiger charge is -2.29. The van der Waals surface area contributed by atoms with E-state index in [-0.39, 0.29) is 36.0 Å². The van der Waals surface area contributed by atoms with Gasteiger partial charge in [-0.25, -0.2) is 12.8 Å². The van der Waals surface area contributed by atoms with Crippen molar-refractivity contribution in [3.63, 3.8) is 0 Å². The van der Waals surface area contributed by atoms with Crippen molar-refractivity contribution in [2.24, 2.45) is 0 Å². The Labute approximate surface area is 179 Å². The summed E-state index contributed by atoms with van der Waals surface area (Å²) in [6, 6.07) is 15.8. The molecule has 0 bridgehead atoms. The first-order valence-corrected chi connectivity index (χ1v) is 11.9. The van der Waals surface area contributed by atoms with E-state index in [9.17, 15) is 17.6 Å². The number of para-hydroxylation sites is 1. The Morgan fingerprint density at radius 2 is 1.70 bits per heavy atom. The van der Waals surface area contributed by atoms with Crippen molar-refractivity contribution in [1.29, 1.82) is 0 Å². The van der Waals surface area contributed by atoms with Gasteiger partial charge in [-0.05, 0) is 42.9 Å². The lowest BCUT2D eigenvalue weighted by atomic mass is 9.79. The molecule has 0 saturated carbocycles. The summed E-state index contributed by atoms with van der Waals surface area (Å²) in [6.45, 7) is 6.29. The Balaban J connectivity index is 1.89. The van der Waals surface area contributed by atoms with E-state index in [4.69, 9.17) is 0 Å². The summed E-state index contributed by atoms with van der Waals surface area (Å²) in [6.07, 6.45) is 2.26. The molecule has 164 valence electrons. The Hall–Kier alpha value is -2.41. The first kappa shape index (κ1) is 23.9. The first-order chi connectivity index (χ1) is 14.0. The van der Waals surface area contributed by atoms with E-state index < -0.39 is 15.8 Å². The molecule has 2 rings (SSSR count). The van der Waals surface area contributed by atoms with Crippen molar-refractivity contribution in [3.05, 3.63) is 66.0 Å². The molecule has 0 aliphatic heterocycles. The fraction of sp³-hybridized carbons (Fsp3) is 0.435. The van der Waals surface area contributed by atoms with Gasteiger partial charge in [0.15, 0.2) is 0 Å². The van der Waals surface area contributed by atoms with E-state index in [2.05, 4.69) is 31.3 Å². The minimum atomic E-state index is -3.65. The van der Waals surface area contributed by atoms with Gasteiger partial charge in [0.1, 0.15) is 5.82 Å². The second-order valence-corrected chi connectivity index (χ2v) is 10.2. The van der Waals surface area contributed by atoms with Crippen LogP contribution >= 0.6 is 0 Å². The van der Waals surface area contributed by atoms with E-state index in [1.165, 1.54) is 23.8 Å². The molecule has 0 spiro atoms. The van der Waals surface area contributed by atoms with Crippen LogP contribution < -0.4 is 9.62 Å². The van der Waals surface area contributed by atoms with Crippen LogP contribution in [0, 0.1) is 5.82 Å². The van der Waals surface area contributed by atoms with Gasteiger partial charge in [0.05, 0.1) is 11.9 Å². The number of hydrogen-bond acceptors (Lipinski definition) is 3. The van der Waals surface area contributed by atoms with Crippen LogP contribution in [0.15, 0.2) is 54.6 Å². The van der Waals surface area contributed by atoms with Gasteiger partial charge >= 0.3 is 0 Å². The van der Waals surface area contributed by atoms with Crippen LogP contribution in [0.1, 0.15) is 45.6 Å². The van der Waals surface area contributed by atoms with E-state index in [1.807, 2.05) is 25.1 Å². The topological polar surface area (TPSA) is 66.5 Å². The van der Waals surface area contributed by atoms with Crippen molar-refractivity contribution in [1.82, 2.24) is 5.32 Å². The molecule has 2 aromatic carbocycles. The van der Waals surface area contributed by atoms with Crippen molar-refractivity contribution in [2.75, 3.05) is 17.1 Å². The molecule has 0 radical (unpaired) electrons. The van der Waals surface area contributed by atoms with Gasteiger partial charge in [-0.2, -0.15) is 0 Å². The first-order valence-electron chi connectivity index (χ1n) is 10.1. The van der Waals surface area contributed by atoms with E-state index >= 15 is 0 Å². The predicted octanol–water partition coefficient (Wildman–Crippen LogP) is 4.24. The van der Waals surface area contributed by atoms with Crippen LogP contribution in [0.3, 0.4) is 0 Å². The number of carbonyl (C=O) groups is 1. The Morgan fingerprint density at radius 3 is 2.30 bits per heavy atom. The highest BCUT2D eigenvalue weighted by atomic mass is 32.2. The molecule has 0 aromatic heterocycles. The molecule has 7 heteroatoms. The molecule has 2 aromatic rings. The summed E-state index contributed by atoms with van der Waals surface area (Å²) in [7, 11) is -3.65. The second-order valence-electron chi connectivity index (χ2n) is 8.31. The zero-order valence-corrected chi connectivity index (χ0v) is 18.9. The number of rotatable bonds is 10. The van der Waals surface area contributed by atoms with Crippen LogP contribution in [0.25, 0.3) is 0 Å². The number of halogens is 1. The van der Waals surface area contributed by atoms with Crippen molar-refractivity contribution in [2.45, 2.75) is 51.5 Å². The van der Waals surface area contributed by atoms with Crippen molar-refractivity contribution < 1.29 is 17.6 Å². The monoisotopic (exact) mass is 434 g/mol. The molecule has 0 aliphatic carbocycles. The van der Waals surface area contributed by atoms with Crippen LogP contribution in [0.2, 0.25) is 0 Å². The largest absolute Gasteiger partial charge is 0.354 e. The fourth-order valence-electron chi connectivity index (χ4n) is 3.67. The van der Waals surface area contributed by atoms with Crippen molar-refractivity contribution in [3.8, 4) is 0 Å². The molecular weight excluding hydrogens is 403 g/mol. The average molecular weight is 435 g/mol. The summed E-state index contributed by atoms with van der Waals surface area (Å²) in [4.78, 5) is 12.4. The van der Waals surface area contributed by atoms with E-state index in [0.717, 1.165) is 17.0 Å². The summed E-state index contributed by atoms with van der Waals surface area (Å²) in [5.41, 5.74) is 1.12. The van der Waals surface area contributed by atoms with Crippen LogP contribution in [-0.2, 0) is 20.2 Å². The van der Waals surface area contributed by atoms with Gasteiger partial charge < -0.3 is 5.32 Å². The molecule has 5 nitrogen and oxygen atoms in total. The van der Waals surface area contributed by atoms with Gasteiger partial charge in [-0.1, -0.05) is 56.3 Å². The lowest BCUT2D eigenvalue weighted by molar-refractivity contribution is -0.121. The number of amides is 1. The predicted molar refractivity (Wildman–Crippen MR) is 120 cm³/mol. The molecule has 1 N–H and O–H groups in total. The smallest absolute Gasteiger partial charge is 0.232 e. The van der Waals surface area contributed by atoms with Crippen LogP contribution in [0.4, 0.5) is 10.1 Å². The fourth-order valence-corrected chi connectivity index (χ4v) is 4.64. The maximum atomic E-state index is 14.0. The standard InChI is InChI=1S/C23H31FN2O3S/c1-18(17-23(2,3)19-11-6-5-7-12-19)25-22(27)15-10-16-26(30(4,28)29)21-14-9-8-13-20(21)24/h5-9,11-14,18H,10,15-17H2,1-4H3,(H,25,27). The number of carbonyl (C=O) groups excluding carboxylic acids is 1. The molecule has 30 heavy (non-hydrogen) atoms. The van der Waals surface area contributed by atoms with Gasteiger partial charge in [0.2, 0.25) is 15.9 Å². The summed E-state index contributed by atoms with van der Waals surface area (Å²) < 4.78 is 39.2. The third kappa shape index (κ3) is 6.83. The number of nitrogens with one attached hydrogen (secondary N) is 1. The zero-order valence-electron chi connectivity index (χ0n) is 18.1. The molecule has 0 heterocycles. The summed E-state index contributed by atoms with van der Waals surface area (Å²) in [5, 5.41) is 2.99. The maximum Gasteiger partial charge on any atom is 0.232 e. The van der Waals surface area contributed by atoms with Crippen LogP contribution in [-0.4, -0.2) is 33.2 Å². The SMILES string of the molecule is CC(CC(C)(C)c1ccccc1)NC(=O)CCCN(c1ccccc1F)S(C)(=O)=O. The second kappa shape index (κ2) is 10.1. The zero-order chi connectivity index (χ0) is 22.4. The van der Waals surface area contributed by atoms with Gasteiger partial charge in [0, 0.05) is 19.0 Å². The number of nitrogens with zero attached hydrogens (tertiary/aromatic N) is 1. The molecule has 0 fully saturated rings. The maximum absolute atomic E-state index is 14.0. The third-order valence-electron chi connectivity index (χ3n) is 5.07. The average Bonchev–Trinajstić information content (AvgIpc) is 2.65. The Kier molecular flexibility index (Phi) is 8.01. The molecule has 0 saturated heterocycles. The highest BCUT2D eigenvalue weighted by Gasteiger charge is 2.24. The minimum Gasteiger partial charge on any atom is -0.354 e. The molecule has 1 amide bonds. The van der Waals surface area contributed by atoms with E-state index in [1.54, 1.807) is 6.07 Å². The molecule has 0 aliphatic rings. The normalized spacial score (nSPS) is 13.0. The van der Waals surface area contributed by atoms with Gasteiger partial charge in [-0.3, -0.25) is 9.10 Å². The highest BCUT2D eigenvalue weighted by Crippen LogP contribution is 2.28. The number of sulfonamides is 1. The summed E-state index contributed by atoms with van der Waals surface area (Å²) in [5.74, 6) is -0.752. The van der Waals surface area contributed by atoms with Gasteiger partial charge in [0.25, 0.3) is 0 Å². The van der Waals surface area contributed by atoms with Crippen molar-refractivity contribution >= 4 is 21.6 Å². The molecular formula is C23H31FN2O3S.